The second kappa shape index (κ2) is 19.7. The summed E-state index contributed by atoms with van der Waals surface area (Å²) in [6.07, 6.45) is 10.2. The van der Waals surface area contributed by atoms with E-state index >= 15 is 0 Å². The number of rotatable bonds is 20. The number of hydrogen-bond acceptors (Lipinski definition) is 6. The summed E-state index contributed by atoms with van der Waals surface area (Å²) in [5.41, 5.74) is 5.76. The fraction of sp³-hybridized carbons (Fsp3) is 0.400. The van der Waals surface area contributed by atoms with Crippen LogP contribution >= 0.6 is 0 Å². The number of nitrogens with zero attached hydrogens (tertiary/aromatic N) is 3. The maximum absolute atomic E-state index is 13.1. The number of imidazole rings is 1. The molecule has 0 aliphatic heterocycles. The lowest BCUT2D eigenvalue weighted by Crippen LogP contribution is -2.27. The Bertz CT molecular complexity index is 1650. The van der Waals surface area contributed by atoms with Gasteiger partial charge in [0.25, 0.3) is 0 Å². The minimum atomic E-state index is -1.22. The smallest absolute Gasteiger partial charge is 0.248 e. The highest BCUT2D eigenvalue weighted by Crippen LogP contribution is 2.30. The highest BCUT2D eigenvalue weighted by Gasteiger charge is 2.13. The molecule has 1 amide bonds. The summed E-state index contributed by atoms with van der Waals surface area (Å²) in [4.78, 5) is 20.4. The van der Waals surface area contributed by atoms with Gasteiger partial charge in [0.15, 0.2) is 0 Å². The number of unbranched alkanes of at least 4 members (excludes halogenated alkanes) is 1. The van der Waals surface area contributed by atoms with E-state index in [0.29, 0.717) is 35.5 Å². The van der Waals surface area contributed by atoms with Crippen molar-refractivity contribution in [3.05, 3.63) is 96.6 Å². The van der Waals surface area contributed by atoms with E-state index in [1.54, 1.807) is 42.9 Å². The standard InChI is InChI=1S/C40H52N4O4S/c1-6-9-23-47-24-25-48-37-16-10-32(11-17-37)33-12-20-39(43(8-3)28-31(4)5)34(26-33)13-21-40(45)42-35-14-18-38(19-15-35)49(46)29-36-27-41-30-44(36)22-7-2/h10-21,26-27,30-31H,6-9,22-25,28-29H2,1-5H3,(H,42,45)/t49-/m0/s1. The van der Waals surface area contributed by atoms with Gasteiger partial charge in [-0.3, -0.25) is 9.00 Å². The SMILES string of the molecule is CCCCOCCOc1ccc(-c2ccc(N(CC)CC(C)C)c(C=CC(=O)Nc3ccc([S@@](=O)Cc4cncn4CCC)cc3)c2)cc1. The third-order valence-corrected chi connectivity index (χ3v) is 9.36. The van der Waals surface area contributed by atoms with Crippen LogP contribution < -0.4 is 15.0 Å². The second-order valence-electron chi connectivity index (χ2n) is 12.5. The number of ether oxygens (including phenoxy) is 2. The van der Waals surface area contributed by atoms with Crippen LogP contribution in [0.25, 0.3) is 17.2 Å². The van der Waals surface area contributed by atoms with Crippen molar-refractivity contribution >= 4 is 34.2 Å². The molecule has 0 bridgehead atoms. The Morgan fingerprint density at radius 2 is 1.71 bits per heavy atom. The molecule has 0 unspecified atom stereocenters. The van der Waals surface area contributed by atoms with Crippen LogP contribution in [-0.4, -0.2) is 52.6 Å². The quantitative estimate of drug-likeness (QED) is 0.0742. The van der Waals surface area contributed by atoms with Gasteiger partial charge in [0, 0.05) is 54.8 Å². The zero-order valence-corrected chi connectivity index (χ0v) is 30.5. The zero-order valence-electron chi connectivity index (χ0n) is 29.7. The molecule has 4 aromatic rings. The normalized spacial score (nSPS) is 12.0. The van der Waals surface area contributed by atoms with Crippen molar-refractivity contribution in [3.8, 4) is 16.9 Å². The van der Waals surface area contributed by atoms with Crippen molar-refractivity contribution in [2.45, 2.75) is 71.1 Å². The Labute approximate surface area is 295 Å². The molecule has 0 aliphatic rings. The molecule has 0 fully saturated rings. The number of carbonyl (C=O) groups is 1. The molecule has 1 heterocycles. The molecular formula is C40H52N4O4S. The van der Waals surface area contributed by atoms with Gasteiger partial charge >= 0.3 is 0 Å². The Hall–Kier alpha value is -4.21. The van der Waals surface area contributed by atoms with Gasteiger partial charge < -0.3 is 24.3 Å². The monoisotopic (exact) mass is 684 g/mol. The number of carbonyl (C=O) groups excluding carboxylic acids is 1. The molecule has 9 heteroatoms. The summed E-state index contributed by atoms with van der Waals surface area (Å²) in [6, 6.07) is 21.7. The molecular weight excluding hydrogens is 633 g/mol. The Morgan fingerprint density at radius 1 is 0.959 bits per heavy atom. The highest BCUT2D eigenvalue weighted by molar-refractivity contribution is 7.84. The third-order valence-electron chi connectivity index (χ3n) is 8.00. The van der Waals surface area contributed by atoms with Crippen molar-refractivity contribution in [2.75, 3.05) is 43.1 Å². The Balaban J connectivity index is 1.44. The Kier molecular flexibility index (Phi) is 15.1. The lowest BCUT2D eigenvalue weighted by molar-refractivity contribution is -0.111. The van der Waals surface area contributed by atoms with Crippen LogP contribution in [0.15, 0.2) is 90.2 Å². The van der Waals surface area contributed by atoms with Gasteiger partial charge in [-0.2, -0.15) is 0 Å². The molecule has 3 aromatic carbocycles. The molecule has 0 saturated heterocycles. The zero-order chi connectivity index (χ0) is 35.0. The molecule has 262 valence electrons. The van der Waals surface area contributed by atoms with Gasteiger partial charge in [-0.1, -0.05) is 52.3 Å². The molecule has 49 heavy (non-hydrogen) atoms. The highest BCUT2D eigenvalue weighted by atomic mass is 32.2. The number of aromatic nitrogens is 2. The largest absolute Gasteiger partial charge is 0.491 e. The Morgan fingerprint density at radius 3 is 2.41 bits per heavy atom. The maximum atomic E-state index is 13.1. The first-order chi connectivity index (χ1) is 23.8. The minimum Gasteiger partial charge on any atom is -0.491 e. The molecule has 0 aliphatic carbocycles. The number of hydrogen-bond donors (Lipinski definition) is 1. The molecule has 1 aromatic heterocycles. The molecule has 0 radical (unpaired) electrons. The van der Waals surface area contributed by atoms with Crippen molar-refractivity contribution in [1.82, 2.24) is 9.55 Å². The van der Waals surface area contributed by atoms with E-state index in [2.05, 4.69) is 80.2 Å². The number of amides is 1. The van der Waals surface area contributed by atoms with Gasteiger partial charge in [0.1, 0.15) is 12.4 Å². The lowest BCUT2D eigenvalue weighted by atomic mass is 10.00. The number of anilines is 2. The predicted molar refractivity (Wildman–Crippen MR) is 203 cm³/mol. The van der Waals surface area contributed by atoms with E-state index in [4.69, 9.17) is 9.47 Å². The average Bonchev–Trinajstić information content (AvgIpc) is 3.54. The van der Waals surface area contributed by atoms with E-state index < -0.39 is 10.8 Å². The number of benzene rings is 3. The van der Waals surface area contributed by atoms with Crippen LogP contribution in [0.2, 0.25) is 0 Å². The summed E-state index contributed by atoms with van der Waals surface area (Å²) < 4.78 is 26.5. The minimum absolute atomic E-state index is 0.235. The molecule has 1 atom stereocenters. The van der Waals surface area contributed by atoms with Crippen LogP contribution in [0.5, 0.6) is 5.75 Å². The first-order valence-corrected chi connectivity index (χ1v) is 18.8. The van der Waals surface area contributed by atoms with Crippen LogP contribution in [0, 0.1) is 5.92 Å². The summed E-state index contributed by atoms with van der Waals surface area (Å²) in [7, 11) is -1.22. The predicted octanol–water partition coefficient (Wildman–Crippen LogP) is 8.60. The van der Waals surface area contributed by atoms with Crippen LogP contribution in [0.3, 0.4) is 0 Å². The van der Waals surface area contributed by atoms with Crippen molar-refractivity contribution in [2.24, 2.45) is 5.92 Å². The lowest BCUT2D eigenvalue weighted by Gasteiger charge is -2.27. The summed E-state index contributed by atoms with van der Waals surface area (Å²) in [6.45, 7) is 15.3. The number of nitrogens with one attached hydrogen (secondary N) is 1. The molecule has 8 nitrogen and oxygen atoms in total. The van der Waals surface area contributed by atoms with E-state index in [9.17, 15) is 9.00 Å². The molecule has 0 spiro atoms. The van der Waals surface area contributed by atoms with E-state index in [0.717, 1.165) is 79.3 Å². The fourth-order valence-electron chi connectivity index (χ4n) is 5.47. The van der Waals surface area contributed by atoms with Crippen molar-refractivity contribution in [1.29, 1.82) is 0 Å². The van der Waals surface area contributed by atoms with Crippen molar-refractivity contribution < 1.29 is 18.5 Å². The van der Waals surface area contributed by atoms with Crippen LogP contribution in [-0.2, 0) is 32.6 Å². The first-order valence-electron chi connectivity index (χ1n) is 17.5. The molecule has 1 N–H and O–H groups in total. The first kappa shape index (κ1) is 37.6. The maximum Gasteiger partial charge on any atom is 0.248 e. The van der Waals surface area contributed by atoms with E-state index in [-0.39, 0.29) is 5.91 Å². The summed E-state index contributed by atoms with van der Waals surface area (Å²) in [5.74, 6) is 1.46. The van der Waals surface area contributed by atoms with Crippen LogP contribution in [0.1, 0.15) is 65.1 Å². The second-order valence-corrected chi connectivity index (χ2v) is 13.9. The molecule has 4 rings (SSSR count). The van der Waals surface area contributed by atoms with Gasteiger partial charge in [-0.15, -0.1) is 0 Å². The summed E-state index contributed by atoms with van der Waals surface area (Å²) >= 11 is 0. The van der Waals surface area contributed by atoms with Crippen molar-refractivity contribution in [3.63, 3.8) is 0 Å². The number of aryl methyl sites for hydroxylation is 1. The summed E-state index contributed by atoms with van der Waals surface area (Å²) in [5, 5.41) is 2.95. The van der Waals surface area contributed by atoms with Gasteiger partial charge in [-0.25, -0.2) is 4.98 Å². The van der Waals surface area contributed by atoms with Crippen LogP contribution in [0.4, 0.5) is 11.4 Å². The van der Waals surface area contributed by atoms with E-state index in [1.807, 2.05) is 22.8 Å². The fourth-order valence-corrected chi connectivity index (χ4v) is 6.59. The molecule has 0 saturated carbocycles. The van der Waals surface area contributed by atoms with E-state index in [1.165, 1.54) is 0 Å². The van der Waals surface area contributed by atoms with Gasteiger partial charge in [-0.05, 0) is 97.0 Å². The third kappa shape index (κ3) is 11.7. The topological polar surface area (TPSA) is 85.7 Å². The average molecular weight is 685 g/mol. The van der Waals surface area contributed by atoms with Gasteiger partial charge in [0.05, 0.1) is 35.2 Å². The van der Waals surface area contributed by atoms with Gasteiger partial charge in [0.2, 0.25) is 5.91 Å².